The summed E-state index contributed by atoms with van der Waals surface area (Å²) in [6.07, 6.45) is 0. The Morgan fingerprint density at radius 1 is 1.26 bits per heavy atom. The lowest BCUT2D eigenvalue weighted by molar-refractivity contribution is 0.110. The molecule has 0 aromatic carbocycles. The molecule has 1 rings (SSSR count). The predicted molar refractivity (Wildman–Crippen MR) is 79.4 cm³/mol. The highest BCUT2D eigenvalue weighted by molar-refractivity contribution is 5.27. The first-order valence-corrected chi connectivity index (χ1v) is 7.32. The molecule has 0 aliphatic carbocycles. The summed E-state index contributed by atoms with van der Waals surface area (Å²) in [6.45, 7) is 16.3. The van der Waals surface area contributed by atoms with Crippen molar-refractivity contribution in [3.8, 4) is 0 Å². The van der Waals surface area contributed by atoms with Crippen molar-refractivity contribution in [1.82, 2.24) is 15.1 Å². The second kappa shape index (κ2) is 7.65. The molecular weight excluding hydrogens is 238 g/mol. The van der Waals surface area contributed by atoms with Crippen molar-refractivity contribution in [3.05, 3.63) is 17.0 Å². The molecule has 0 aliphatic rings. The Hall–Kier alpha value is -0.870. The van der Waals surface area contributed by atoms with Crippen LogP contribution in [0.5, 0.6) is 0 Å². The number of nitrogens with zero attached hydrogens (tertiary/aromatic N) is 2. The van der Waals surface area contributed by atoms with Crippen LogP contribution in [0.15, 0.2) is 0 Å². The molecule has 0 spiro atoms. The van der Waals surface area contributed by atoms with E-state index >= 15 is 0 Å². The van der Waals surface area contributed by atoms with Crippen LogP contribution in [0.25, 0.3) is 0 Å². The highest BCUT2D eigenvalue weighted by atomic mass is 16.5. The summed E-state index contributed by atoms with van der Waals surface area (Å²) >= 11 is 0. The van der Waals surface area contributed by atoms with Crippen molar-refractivity contribution in [1.29, 1.82) is 0 Å². The SMILES string of the molecule is CCn1nc(C)c(C(C)NCCOCC(C)C)c1C. The Labute approximate surface area is 117 Å². The lowest BCUT2D eigenvalue weighted by Crippen LogP contribution is -2.24. The van der Waals surface area contributed by atoms with Crippen LogP contribution in [0.4, 0.5) is 0 Å². The van der Waals surface area contributed by atoms with Gasteiger partial charge in [0.15, 0.2) is 0 Å². The Morgan fingerprint density at radius 2 is 1.95 bits per heavy atom. The summed E-state index contributed by atoms with van der Waals surface area (Å²) in [7, 11) is 0. The van der Waals surface area contributed by atoms with Gasteiger partial charge in [0.1, 0.15) is 0 Å². The summed E-state index contributed by atoms with van der Waals surface area (Å²) < 4.78 is 7.65. The first kappa shape index (κ1) is 16.2. The molecule has 110 valence electrons. The maximum absolute atomic E-state index is 5.58. The number of aromatic nitrogens is 2. The fourth-order valence-corrected chi connectivity index (χ4v) is 2.41. The zero-order valence-corrected chi connectivity index (χ0v) is 13.3. The predicted octanol–water partition coefficient (Wildman–Crippen LogP) is 2.84. The van der Waals surface area contributed by atoms with Crippen LogP contribution < -0.4 is 5.32 Å². The van der Waals surface area contributed by atoms with Crippen molar-refractivity contribution in [2.75, 3.05) is 19.8 Å². The molecule has 1 aromatic heterocycles. The average molecular weight is 267 g/mol. The second-order valence-electron chi connectivity index (χ2n) is 5.54. The number of nitrogens with one attached hydrogen (secondary N) is 1. The quantitative estimate of drug-likeness (QED) is 0.736. The van der Waals surface area contributed by atoms with Crippen LogP contribution in [0.3, 0.4) is 0 Å². The minimum Gasteiger partial charge on any atom is -0.380 e. The zero-order chi connectivity index (χ0) is 14.4. The van der Waals surface area contributed by atoms with Crippen LogP contribution in [0.2, 0.25) is 0 Å². The minimum absolute atomic E-state index is 0.322. The lowest BCUT2D eigenvalue weighted by atomic mass is 10.1. The van der Waals surface area contributed by atoms with Gasteiger partial charge in [0.25, 0.3) is 0 Å². The van der Waals surface area contributed by atoms with E-state index < -0.39 is 0 Å². The molecule has 1 unspecified atom stereocenters. The van der Waals surface area contributed by atoms with Crippen molar-refractivity contribution in [3.63, 3.8) is 0 Å². The number of aryl methyl sites for hydroxylation is 2. The third-order valence-corrected chi connectivity index (χ3v) is 3.32. The van der Waals surface area contributed by atoms with Gasteiger partial charge in [-0.05, 0) is 33.6 Å². The molecule has 0 bridgehead atoms. The Morgan fingerprint density at radius 3 is 2.47 bits per heavy atom. The smallest absolute Gasteiger partial charge is 0.0644 e. The summed E-state index contributed by atoms with van der Waals surface area (Å²) in [6, 6.07) is 0.322. The Balaban J connectivity index is 2.45. The topological polar surface area (TPSA) is 39.1 Å². The van der Waals surface area contributed by atoms with Gasteiger partial charge in [-0.2, -0.15) is 5.10 Å². The first-order valence-electron chi connectivity index (χ1n) is 7.32. The van der Waals surface area contributed by atoms with Gasteiger partial charge in [0, 0.05) is 37.0 Å². The standard InChI is InChI=1S/C15H29N3O/c1-7-18-14(6)15(13(5)17-18)12(4)16-8-9-19-10-11(2)3/h11-12,16H,7-10H2,1-6H3. The van der Waals surface area contributed by atoms with E-state index in [0.717, 1.165) is 32.0 Å². The van der Waals surface area contributed by atoms with Crippen LogP contribution in [0, 0.1) is 19.8 Å². The summed E-state index contributed by atoms with van der Waals surface area (Å²) in [4.78, 5) is 0. The molecule has 0 saturated carbocycles. The molecule has 4 heteroatoms. The highest BCUT2D eigenvalue weighted by Gasteiger charge is 2.16. The molecule has 0 aliphatic heterocycles. The molecule has 1 atom stereocenters. The Kier molecular flexibility index (Phi) is 6.52. The van der Waals surface area contributed by atoms with E-state index in [1.54, 1.807) is 0 Å². The third-order valence-electron chi connectivity index (χ3n) is 3.32. The molecule has 0 saturated heterocycles. The van der Waals surface area contributed by atoms with Gasteiger partial charge >= 0.3 is 0 Å². The van der Waals surface area contributed by atoms with Gasteiger partial charge in [0.2, 0.25) is 0 Å². The summed E-state index contributed by atoms with van der Waals surface area (Å²) in [5.41, 5.74) is 3.72. The second-order valence-corrected chi connectivity index (χ2v) is 5.54. The highest BCUT2D eigenvalue weighted by Crippen LogP contribution is 2.20. The average Bonchev–Trinajstić information content (AvgIpc) is 2.63. The maximum Gasteiger partial charge on any atom is 0.0644 e. The van der Waals surface area contributed by atoms with Crippen molar-refractivity contribution >= 4 is 0 Å². The van der Waals surface area contributed by atoms with E-state index in [-0.39, 0.29) is 0 Å². The fourth-order valence-electron chi connectivity index (χ4n) is 2.41. The van der Waals surface area contributed by atoms with Crippen LogP contribution in [-0.2, 0) is 11.3 Å². The molecule has 19 heavy (non-hydrogen) atoms. The maximum atomic E-state index is 5.58. The summed E-state index contributed by atoms with van der Waals surface area (Å²) in [5.74, 6) is 0.602. The van der Waals surface area contributed by atoms with E-state index in [1.165, 1.54) is 11.3 Å². The molecule has 1 N–H and O–H groups in total. The minimum atomic E-state index is 0.322. The van der Waals surface area contributed by atoms with Crippen LogP contribution in [-0.4, -0.2) is 29.5 Å². The van der Waals surface area contributed by atoms with Gasteiger partial charge in [-0.25, -0.2) is 0 Å². The lowest BCUT2D eigenvalue weighted by Gasteiger charge is -2.15. The number of rotatable bonds is 8. The van der Waals surface area contributed by atoms with E-state index in [9.17, 15) is 0 Å². The molecule has 0 fully saturated rings. The monoisotopic (exact) mass is 267 g/mol. The largest absolute Gasteiger partial charge is 0.380 e. The van der Waals surface area contributed by atoms with Gasteiger partial charge in [-0.15, -0.1) is 0 Å². The van der Waals surface area contributed by atoms with Gasteiger partial charge in [-0.1, -0.05) is 13.8 Å². The van der Waals surface area contributed by atoms with E-state index in [4.69, 9.17) is 4.74 Å². The van der Waals surface area contributed by atoms with E-state index in [0.29, 0.717) is 12.0 Å². The number of hydrogen-bond donors (Lipinski definition) is 1. The molecule has 1 heterocycles. The van der Waals surface area contributed by atoms with E-state index in [2.05, 4.69) is 56.6 Å². The van der Waals surface area contributed by atoms with Crippen LogP contribution >= 0.6 is 0 Å². The van der Waals surface area contributed by atoms with Crippen molar-refractivity contribution in [2.45, 2.75) is 54.1 Å². The number of ether oxygens (including phenoxy) is 1. The Bertz CT molecular complexity index is 385. The van der Waals surface area contributed by atoms with Gasteiger partial charge in [0.05, 0.1) is 12.3 Å². The molecule has 0 radical (unpaired) electrons. The molecule has 0 amide bonds. The van der Waals surface area contributed by atoms with Gasteiger partial charge < -0.3 is 10.1 Å². The molecule has 4 nitrogen and oxygen atoms in total. The third kappa shape index (κ3) is 4.62. The first-order chi connectivity index (χ1) is 8.97. The number of hydrogen-bond acceptors (Lipinski definition) is 3. The van der Waals surface area contributed by atoms with Crippen LogP contribution in [0.1, 0.15) is 50.7 Å². The van der Waals surface area contributed by atoms with Gasteiger partial charge in [-0.3, -0.25) is 4.68 Å². The zero-order valence-electron chi connectivity index (χ0n) is 13.3. The summed E-state index contributed by atoms with van der Waals surface area (Å²) in [5, 5.41) is 8.08. The normalized spacial score (nSPS) is 13.2. The van der Waals surface area contributed by atoms with E-state index in [1.807, 2.05) is 0 Å². The molecule has 1 aromatic rings. The van der Waals surface area contributed by atoms with Crippen molar-refractivity contribution in [2.24, 2.45) is 5.92 Å². The molecular formula is C15H29N3O. The van der Waals surface area contributed by atoms with Crippen molar-refractivity contribution < 1.29 is 4.74 Å². The fraction of sp³-hybridized carbons (Fsp3) is 0.800.